The van der Waals surface area contributed by atoms with E-state index in [4.69, 9.17) is 0 Å². The third-order valence-corrected chi connectivity index (χ3v) is 3.13. The van der Waals surface area contributed by atoms with Crippen LogP contribution in [0.2, 0.25) is 0 Å². The average molecular weight is 295 g/mol. The Morgan fingerprint density at radius 2 is 2.00 bits per heavy atom. The molecule has 1 amide bonds. The first-order valence-electron chi connectivity index (χ1n) is 6.56. The number of phenolic OH excluding ortho intramolecular Hbond substituents is 2. The molecule has 0 aliphatic rings. The Morgan fingerprint density at radius 3 is 2.82 bits per heavy atom. The van der Waals surface area contributed by atoms with Gasteiger partial charge in [-0.15, -0.1) is 0 Å². The lowest BCUT2D eigenvalue weighted by Gasteiger charge is -2.02. The number of carbonyl (C=O) groups excluding carboxylic acids is 1. The maximum atomic E-state index is 11.9. The van der Waals surface area contributed by atoms with Gasteiger partial charge in [0.2, 0.25) is 5.91 Å². The highest BCUT2D eigenvalue weighted by atomic mass is 16.3. The van der Waals surface area contributed by atoms with Gasteiger partial charge in [0.05, 0.1) is 11.7 Å². The van der Waals surface area contributed by atoms with Crippen LogP contribution in [0.25, 0.3) is 17.0 Å². The van der Waals surface area contributed by atoms with Gasteiger partial charge in [0.15, 0.2) is 11.5 Å². The van der Waals surface area contributed by atoms with Crippen molar-refractivity contribution < 1.29 is 15.0 Å². The predicted molar refractivity (Wildman–Crippen MR) is 83.5 cm³/mol. The Morgan fingerprint density at radius 1 is 1.14 bits per heavy atom. The van der Waals surface area contributed by atoms with Crippen LogP contribution in [0.1, 0.15) is 5.56 Å². The minimum absolute atomic E-state index is 0.199. The number of rotatable bonds is 3. The number of nitrogens with one attached hydrogen (secondary N) is 2. The highest BCUT2D eigenvalue weighted by molar-refractivity contribution is 6.02. The Bertz CT molecular complexity index is 868. The first kappa shape index (κ1) is 13.7. The molecule has 22 heavy (non-hydrogen) atoms. The smallest absolute Gasteiger partial charge is 0.248 e. The molecule has 0 atom stereocenters. The van der Waals surface area contributed by atoms with E-state index in [1.54, 1.807) is 24.4 Å². The summed E-state index contributed by atoms with van der Waals surface area (Å²) in [5.41, 5.74) is 2.17. The second-order valence-electron chi connectivity index (χ2n) is 4.74. The van der Waals surface area contributed by atoms with Crippen LogP contribution in [0.5, 0.6) is 11.5 Å². The fraction of sp³-hybridized carbons (Fsp3) is 0. The Balaban J connectivity index is 1.71. The zero-order valence-electron chi connectivity index (χ0n) is 11.4. The van der Waals surface area contributed by atoms with Crippen LogP contribution in [0.15, 0.2) is 48.7 Å². The van der Waals surface area contributed by atoms with Gasteiger partial charge in [-0.05, 0) is 42.0 Å². The van der Waals surface area contributed by atoms with Gasteiger partial charge in [0, 0.05) is 17.1 Å². The summed E-state index contributed by atoms with van der Waals surface area (Å²) in [7, 11) is 0. The quantitative estimate of drug-likeness (QED) is 0.441. The summed E-state index contributed by atoms with van der Waals surface area (Å²) in [4.78, 5) is 11.9. The van der Waals surface area contributed by atoms with Gasteiger partial charge < -0.3 is 15.5 Å². The predicted octanol–water partition coefficient (Wildman–Crippen LogP) is 2.63. The van der Waals surface area contributed by atoms with E-state index in [-0.39, 0.29) is 17.4 Å². The van der Waals surface area contributed by atoms with Gasteiger partial charge in [0.1, 0.15) is 0 Å². The number of hydrogen-bond donors (Lipinski definition) is 4. The van der Waals surface area contributed by atoms with Gasteiger partial charge in [-0.25, -0.2) is 0 Å². The van der Waals surface area contributed by atoms with Crippen molar-refractivity contribution in [3.05, 3.63) is 54.2 Å². The summed E-state index contributed by atoms with van der Waals surface area (Å²) in [5.74, 6) is -0.724. The molecule has 6 nitrogen and oxygen atoms in total. The maximum absolute atomic E-state index is 11.9. The van der Waals surface area contributed by atoms with Crippen LogP contribution < -0.4 is 5.32 Å². The Labute approximate surface area is 125 Å². The maximum Gasteiger partial charge on any atom is 0.248 e. The minimum atomic E-state index is -0.296. The van der Waals surface area contributed by atoms with E-state index < -0.39 is 0 Å². The monoisotopic (exact) mass is 295 g/mol. The number of aromatic amines is 1. The number of fused-ring (bicyclic) bond motifs is 1. The molecule has 0 saturated heterocycles. The van der Waals surface area contributed by atoms with E-state index in [9.17, 15) is 15.0 Å². The molecule has 0 aliphatic carbocycles. The molecule has 3 aromatic rings. The average Bonchev–Trinajstić information content (AvgIpc) is 2.96. The summed E-state index contributed by atoms with van der Waals surface area (Å²) >= 11 is 0. The highest BCUT2D eigenvalue weighted by Gasteiger charge is 2.02. The van der Waals surface area contributed by atoms with E-state index in [0.29, 0.717) is 11.3 Å². The summed E-state index contributed by atoms with van der Waals surface area (Å²) in [6, 6.07) is 9.75. The first-order valence-corrected chi connectivity index (χ1v) is 6.56. The number of H-pyrrole nitrogens is 1. The number of carbonyl (C=O) groups is 1. The molecule has 0 radical (unpaired) electrons. The number of nitrogens with zero attached hydrogens (tertiary/aromatic N) is 1. The van der Waals surface area contributed by atoms with Gasteiger partial charge in [-0.1, -0.05) is 6.07 Å². The largest absolute Gasteiger partial charge is 0.504 e. The molecule has 0 bridgehead atoms. The number of aromatic hydroxyl groups is 2. The fourth-order valence-electron chi connectivity index (χ4n) is 2.02. The molecule has 4 N–H and O–H groups in total. The van der Waals surface area contributed by atoms with Crippen LogP contribution in [0.4, 0.5) is 5.69 Å². The van der Waals surface area contributed by atoms with E-state index in [0.717, 1.165) is 10.9 Å². The molecule has 0 unspecified atom stereocenters. The molecule has 0 saturated carbocycles. The van der Waals surface area contributed by atoms with Crippen molar-refractivity contribution in [1.29, 1.82) is 0 Å². The lowest BCUT2D eigenvalue weighted by atomic mass is 10.2. The first-order chi connectivity index (χ1) is 10.6. The van der Waals surface area contributed by atoms with Crippen LogP contribution in [0.3, 0.4) is 0 Å². The molecule has 0 aliphatic heterocycles. The molecule has 0 fully saturated rings. The third kappa shape index (κ3) is 2.90. The molecular formula is C16H13N3O3. The number of aromatic nitrogens is 2. The van der Waals surface area contributed by atoms with Gasteiger partial charge in [-0.2, -0.15) is 5.10 Å². The molecule has 0 spiro atoms. The second-order valence-corrected chi connectivity index (χ2v) is 4.74. The molecule has 2 aromatic carbocycles. The SMILES string of the molecule is O=C(/C=C/c1ccc(O)c(O)c1)Nc1ccc2[nH]ncc2c1. The second kappa shape index (κ2) is 5.61. The molecule has 6 heteroatoms. The molecular weight excluding hydrogens is 282 g/mol. The van der Waals surface area contributed by atoms with E-state index in [1.165, 1.54) is 18.2 Å². The van der Waals surface area contributed by atoms with Crippen molar-refractivity contribution in [3.8, 4) is 11.5 Å². The standard InChI is InChI=1S/C16H13N3O3/c20-14-5-1-10(7-15(14)21)2-6-16(22)18-12-3-4-13-11(8-12)9-17-19-13/h1-9,20-21H,(H,17,19)(H,18,22)/b6-2+. The number of phenols is 2. The Kier molecular flexibility index (Phi) is 3.49. The summed E-state index contributed by atoms with van der Waals surface area (Å²) < 4.78 is 0. The van der Waals surface area contributed by atoms with E-state index in [2.05, 4.69) is 15.5 Å². The van der Waals surface area contributed by atoms with Crippen LogP contribution >= 0.6 is 0 Å². The van der Waals surface area contributed by atoms with Crippen LogP contribution in [-0.2, 0) is 4.79 Å². The number of anilines is 1. The normalized spacial score (nSPS) is 11.1. The lowest BCUT2D eigenvalue weighted by molar-refractivity contribution is -0.111. The summed E-state index contributed by atoms with van der Waals surface area (Å²) in [6.07, 6.45) is 4.58. The van der Waals surface area contributed by atoms with Crippen molar-refractivity contribution in [2.45, 2.75) is 0 Å². The fourth-order valence-corrected chi connectivity index (χ4v) is 2.02. The van der Waals surface area contributed by atoms with Crippen molar-refractivity contribution in [2.24, 2.45) is 0 Å². The van der Waals surface area contributed by atoms with E-state index in [1.807, 2.05) is 12.1 Å². The van der Waals surface area contributed by atoms with Crippen molar-refractivity contribution >= 4 is 28.6 Å². The summed E-state index contributed by atoms with van der Waals surface area (Å²) in [6.45, 7) is 0. The minimum Gasteiger partial charge on any atom is -0.504 e. The molecule has 3 rings (SSSR count). The molecule has 1 aromatic heterocycles. The highest BCUT2D eigenvalue weighted by Crippen LogP contribution is 2.25. The number of amides is 1. The van der Waals surface area contributed by atoms with Crippen molar-refractivity contribution in [3.63, 3.8) is 0 Å². The van der Waals surface area contributed by atoms with Gasteiger partial charge >= 0.3 is 0 Å². The van der Waals surface area contributed by atoms with Gasteiger partial charge in [-0.3, -0.25) is 9.89 Å². The number of hydrogen-bond acceptors (Lipinski definition) is 4. The van der Waals surface area contributed by atoms with E-state index >= 15 is 0 Å². The van der Waals surface area contributed by atoms with Gasteiger partial charge in [0.25, 0.3) is 0 Å². The topological polar surface area (TPSA) is 98.2 Å². The van der Waals surface area contributed by atoms with Crippen LogP contribution in [-0.4, -0.2) is 26.3 Å². The zero-order chi connectivity index (χ0) is 15.5. The lowest BCUT2D eigenvalue weighted by Crippen LogP contribution is -2.07. The molecule has 110 valence electrons. The van der Waals surface area contributed by atoms with Crippen molar-refractivity contribution in [1.82, 2.24) is 10.2 Å². The zero-order valence-corrected chi connectivity index (χ0v) is 11.4. The Hall–Kier alpha value is -3.28. The summed E-state index contributed by atoms with van der Waals surface area (Å²) in [5, 5.41) is 29.0. The molecule has 1 heterocycles. The van der Waals surface area contributed by atoms with Crippen LogP contribution in [0, 0.1) is 0 Å². The number of benzene rings is 2. The third-order valence-electron chi connectivity index (χ3n) is 3.13. The van der Waals surface area contributed by atoms with Crippen molar-refractivity contribution in [2.75, 3.05) is 5.32 Å².